The number of hydrogen-bond acceptors (Lipinski definition) is 2. The zero-order valence-corrected chi connectivity index (χ0v) is 13.4. The van der Waals surface area contributed by atoms with Gasteiger partial charge in [0.15, 0.2) is 0 Å². The predicted octanol–water partition coefficient (Wildman–Crippen LogP) is 2.98. The van der Waals surface area contributed by atoms with Crippen LogP contribution in [-0.4, -0.2) is 35.1 Å². The van der Waals surface area contributed by atoms with E-state index in [4.69, 9.17) is 11.6 Å². The predicted molar refractivity (Wildman–Crippen MR) is 82.3 cm³/mol. The van der Waals surface area contributed by atoms with Crippen LogP contribution in [0.5, 0.6) is 0 Å². The number of nitrogens with zero attached hydrogens (tertiary/aromatic N) is 1. The minimum Gasteiger partial charge on any atom is -0.480 e. The van der Waals surface area contributed by atoms with Crippen LogP contribution in [0.15, 0.2) is 24.3 Å². The summed E-state index contributed by atoms with van der Waals surface area (Å²) in [6.07, 6.45) is 0. The molecule has 0 aliphatic rings. The Morgan fingerprint density at radius 2 is 1.81 bits per heavy atom. The second kappa shape index (κ2) is 6.80. The van der Waals surface area contributed by atoms with Crippen molar-refractivity contribution in [3.05, 3.63) is 34.9 Å². The Hall–Kier alpha value is -1.75. The highest BCUT2D eigenvalue weighted by atomic mass is 35.5. The van der Waals surface area contributed by atoms with E-state index in [9.17, 15) is 14.7 Å². The van der Waals surface area contributed by atoms with Crippen LogP contribution in [0, 0.1) is 5.41 Å². The lowest BCUT2D eigenvalue weighted by atomic mass is 9.87. The zero-order valence-electron chi connectivity index (χ0n) is 12.7. The van der Waals surface area contributed by atoms with Gasteiger partial charge in [0, 0.05) is 18.6 Å². The molecule has 1 atom stereocenters. The van der Waals surface area contributed by atoms with E-state index in [0.29, 0.717) is 11.6 Å². The number of carbonyl (C=O) groups excluding carboxylic acids is 1. The average molecular weight is 313 g/mol. The Labute approximate surface area is 129 Å². The number of carbonyl (C=O) groups is 2. The molecular formula is C15H21ClN2O3. The second-order valence-corrected chi connectivity index (χ2v) is 6.51. The van der Waals surface area contributed by atoms with E-state index in [1.807, 2.05) is 12.1 Å². The SMILES string of the molecule is CN(Cc1ccc(Cl)cc1)C(=O)N[C@H](C(=O)O)C(C)(C)C. The summed E-state index contributed by atoms with van der Waals surface area (Å²) in [6, 6.07) is 5.77. The molecule has 6 heteroatoms. The molecule has 1 rings (SSSR count). The van der Waals surface area contributed by atoms with Gasteiger partial charge in [0.25, 0.3) is 0 Å². The Balaban J connectivity index is 2.69. The van der Waals surface area contributed by atoms with E-state index in [2.05, 4.69) is 5.32 Å². The maximum atomic E-state index is 12.1. The van der Waals surface area contributed by atoms with Crippen LogP contribution in [0.4, 0.5) is 4.79 Å². The first-order valence-corrected chi connectivity index (χ1v) is 6.98. The number of hydrogen-bond donors (Lipinski definition) is 2. The van der Waals surface area contributed by atoms with Crippen LogP contribution >= 0.6 is 11.6 Å². The van der Waals surface area contributed by atoms with E-state index in [-0.39, 0.29) is 0 Å². The molecule has 0 saturated heterocycles. The molecule has 0 spiro atoms. The van der Waals surface area contributed by atoms with Gasteiger partial charge in [-0.3, -0.25) is 0 Å². The van der Waals surface area contributed by atoms with Gasteiger partial charge in [-0.15, -0.1) is 0 Å². The fourth-order valence-electron chi connectivity index (χ4n) is 1.82. The normalized spacial score (nSPS) is 12.6. The minimum atomic E-state index is -1.05. The van der Waals surface area contributed by atoms with Gasteiger partial charge in [-0.2, -0.15) is 0 Å². The molecule has 1 aromatic carbocycles. The summed E-state index contributed by atoms with van der Waals surface area (Å²) < 4.78 is 0. The zero-order chi connectivity index (χ0) is 16.2. The summed E-state index contributed by atoms with van der Waals surface area (Å²) in [7, 11) is 1.62. The lowest BCUT2D eigenvalue weighted by Gasteiger charge is -2.29. The van der Waals surface area contributed by atoms with E-state index in [1.165, 1.54) is 4.90 Å². The first-order valence-electron chi connectivity index (χ1n) is 6.60. The maximum absolute atomic E-state index is 12.1. The largest absolute Gasteiger partial charge is 0.480 e. The van der Waals surface area contributed by atoms with Gasteiger partial charge in [0.2, 0.25) is 0 Å². The van der Waals surface area contributed by atoms with E-state index >= 15 is 0 Å². The quantitative estimate of drug-likeness (QED) is 0.898. The molecule has 1 aromatic rings. The van der Waals surface area contributed by atoms with Crippen LogP contribution in [0.25, 0.3) is 0 Å². The molecule has 0 aliphatic carbocycles. The number of urea groups is 1. The van der Waals surface area contributed by atoms with Crippen LogP contribution in [0.1, 0.15) is 26.3 Å². The number of nitrogens with one attached hydrogen (secondary N) is 1. The van der Waals surface area contributed by atoms with Gasteiger partial charge in [0.05, 0.1) is 0 Å². The summed E-state index contributed by atoms with van der Waals surface area (Å²) in [4.78, 5) is 24.8. The fourth-order valence-corrected chi connectivity index (χ4v) is 1.94. The van der Waals surface area contributed by atoms with Crippen LogP contribution in [0.3, 0.4) is 0 Å². The summed E-state index contributed by atoms with van der Waals surface area (Å²) in [5, 5.41) is 12.4. The van der Waals surface area contributed by atoms with Gasteiger partial charge in [-0.1, -0.05) is 44.5 Å². The average Bonchev–Trinajstić information content (AvgIpc) is 2.36. The highest BCUT2D eigenvalue weighted by Crippen LogP contribution is 2.20. The van der Waals surface area contributed by atoms with Crippen molar-refractivity contribution in [3.8, 4) is 0 Å². The summed E-state index contributed by atoms with van der Waals surface area (Å²) in [5.74, 6) is -1.05. The number of rotatable bonds is 4. The van der Waals surface area contributed by atoms with Crippen molar-refractivity contribution < 1.29 is 14.7 Å². The van der Waals surface area contributed by atoms with Crippen LogP contribution in [-0.2, 0) is 11.3 Å². The molecule has 0 radical (unpaired) electrons. The third-order valence-electron chi connectivity index (χ3n) is 3.06. The molecule has 0 bridgehead atoms. The Morgan fingerprint density at radius 1 is 1.29 bits per heavy atom. The van der Waals surface area contributed by atoms with Gasteiger partial charge in [-0.05, 0) is 23.1 Å². The molecule has 0 saturated carbocycles. The van der Waals surface area contributed by atoms with Crippen molar-refractivity contribution in [2.75, 3.05) is 7.05 Å². The number of halogens is 1. The molecule has 5 nitrogen and oxygen atoms in total. The van der Waals surface area contributed by atoms with Crippen molar-refractivity contribution in [2.24, 2.45) is 5.41 Å². The van der Waals surface area contributed by atoms with E-state index in [1.54, 1.807) is 40.0 Å². The third-order valence-corrected chi connectivity index (χ3v) is 3.31. The lowest BCUT2D eigenvalue weighted by molar-refractivity contribution is -0.142. The first kappa shape index (κ1) is 17.3. The number of aliphatic carboxylic acids is 1. The summed E-state index contributed by atoms with van der Waals surface area (Å²) in [6.45, 7) is 5.68. The Morgan fingerprint density at radius 3 is 2.24 bits per heavy atom. The molecule has 21 heavy (non-hydrogen) atoms. The molecule has 2 amide bonds. The highest BCUT2D eigenvalue weighted by molar-refractivity contribution is 6.30. The molecule has 116 valence electrons. The number of carboxylic acids is 1. The standard InChI is InChI=1S/C15H21ClN2O3/c1-15(2,3)12(13(19)20)17-14(21)18(4)9-10-5-7-11(16)8-6-10/h5-8,12H,9H2,1-4H3,(H,17,21)(H,19,20)/t12-/m1/s1. The van der Waals surface area contributed by atoms with Crippen molar-refractivity contribution in [1.82, 2.24) is 10.2 Å². The molecule has 0 heterocycles. The third kappa shape index (κ3) is 5.27. The summed E-state index contributed by atoms with van der Waals surface area (Å²) in [5.41, 5.74) is 0.350. The maximum Gasteiger partial charge on any atom is 0.326 e. The monoisotopic (exact) mass is 312 g/mol. The van der Waals surface area contributed by atoms with Crippen molar-refractivity contribution in [2.45, 2.75) is 33.4 Å². The van der Waals surface area contributed by atoms with Gasteiger partial charge in [-0.25, -0.2) is 9.59 Å². The van der Waals surface area contributed by atoms with Gasteiger partial charge >= 0.3 is 12.0 Å². The van der Waals surface area contributed by atoms with Crippen molar-refractivity contribution in [1.29, 1.82) is 0 Å². The highest BCUT2D eigenvalue weighted by Gasteiger charge is 2.33. The van der Waals surface area contributed by atoms with Crippen LogP contribution < -0.4 is 5.32 Å². The number of carboxylic acid groups (broad SMARTS) is 1. The van der Waals surface area contributed by atoms with Crippen LogP contribution in [0.2, 0.25) is 5.02 Å². The molecule has 2 N–H and O–H groups in total. The lowest BCUT2D eigenvalue weighted by Crippen LogP contribution is -2.52. The number of benzene rings is 1. The minimum absolute atomic E-state index is 0.374. The topological polar surface area (TPSA) is 69.6 Å². The van der Waals surface area contributed by atoms with Gasteiger partial charge < -0.3 is 15.3 Å². The van der Waals surface area contributed by atoms with Crippen molar-refractivity contribution >= 4 is 23.6 Å². The fraction of sp³-hybridized carbons (Fsp3) is 0.467. The second-order valence-electron chi connectivity index (χ2n) is 6.07. The smallest absolute Gasteiger partial charge is 0.326 e. The molecule has 0 unspecified atom stereocenters. The molecule has 0 aliphatic heterocycles. The molecule has 0 aromatic heterocycles. The Kier molecular flexibility index (Phi) is 5.61. The molecular weight excluding hydrogens is 292 g/mol. The van der Waals surface area contributed by atoms with Crippen molar-refractivity contribution in [3.63, 3.8) is 0 Å². The molecule has 0 fully saturated rings. The summed E-state index contributed by atoms with van der Waals surface area (Å²) >= 11 is 5.81. The number of amides is 2. The Bertz CT molecular complexity index is 509. The first-order chi connectivity index (χ1) is 9.61. The van der Waals surface area contributed by atoms with E-state index < -0.39 is 23.5 Å². The van der Waals surface area contributed by atoms with Gasteiger partial charge in [0.1, 0.15) is 6.04 Å². The van der Waals surface area contributed by atoms with E-state index in [0.717, 1.165) is 5.56 Å².